The van der Waals surface area contributed by atoms with Gasteiger partial charge in [0.1, 0.15) is 0 Å². The summed E-state index contributed by atoms with van der Waals surface area (Å²) in [4.78, 5) is 15.8. The van der Waals surface area contributed by atoms with Crippen LogP contribution in [0.25, 0.3) is 0 Å². The van der Waals surface area contributed by atoms with Gasteiger partial charge in [0.15, 0.2) is 5.89 Å². The van der Waals surface area contributed by atoms with Crippen LogP contribution in [0.15, 0.2) is 4.42 Å². The summed E-state index contributed by atoms with van der Waals surface area (Å²) in [5.74, 6) is 3.35. The fraction of sp³-hybridized carbons (Fsp3) is 0.750. The lowest BCUT2D eigenvalue weighted by molar-refractivity contribution is -0.0119. The monoisotopic (exact) mass is 275 g/mol. The lowest BCUT2D eigenvalue weighted by Gasteiger charge is -2.53. The largest absolute Gasteiger partial charge is 0.475 e. The highest BCUT2D eigenvalue weighted by molar-refractivity contribution is 5.85. The molecule has 0 amide bonds. The molecule has 1 heterocycles. The molecule has 108 valence electrons. The minimum absolute atomic E-state index is 0.0660. The molecule has 4 saturated carbocycles. The Labute approximate surface area is 118 Å². The molecule has 0 unspecified atom stereocenters. The maximum atomic E-state index is 11.2. The number of aryl methyl sites for hydroxylation is 1. The number of hydrogen-bond donors (Lipinski definition) is 1. The number of rotatable bonds is 3. The van der Waals surface area contributed by atoms with Crippen molar-refractivity contribution in [2.45, 2.75) is 51.4 Å². The SMILES string of the molecule is CCc1nc(C2C3CC4CC(C3)CC2C4)oc1C(=O)O. The zero-order chi connectivity index (χ0) is 13.9. The quantitative estimate of drug-likeness (QED) is 0.917. The van der Waals surface area contributed by atoms with E-state index in [0.717, 1.165) is 11.8 Å². The lowest BCUT2D eigenvalue weighted by atomic mass is 9.52. The molecule has 4 heteroatoms. The zero-order valence-electron chi connectivity index (χ0n) is 11.8. The first kappa shape index (κ1) is 12.4. The highest BCUT2D eigenvalue weighted by Crippen LogP contribution is 2.59. The van der Waals surface area contributed by atoms with Crippen molar-refractivity contribution in [3.8, 4) is 0 Å². The summed E-state index contributed by atoms with van der Waals surface area (Å²) < 4.78 is 5.68. The summed E-state index contributed by atoms with van der Waals surface area (Å²) in [5, 5.41) is 9.23. The van der Waals surface area contributed by atoms with Gasteiger partial charge in [-0.3, -0.25) is 0 Å². The van der Waals surface area contributed by atoms with Crippen LogP contribution in [0, 0.1) is 23.7 Å². The van der Waals surface area contributed by atoms with Crippen LogP contribution in [0.5, 0.6) is 0 Å². The van der Waals surface area contributed by atoms with E-state index in [4.69, 9.17) is 4.42 Å². The fourth-order valence-electron chi connectivity index (χ4n) is 5.25. The minimum atomic E-state index is -0.982. The standard InChI is InChI=1S/C16H21NO3/c1-2-12-14(16(18)19)20-15(17-12)13-10-4-8-3-9(6-10)7-11(13)5-8/h8-11,13H,2-7H2,1H3,(H,18,19). The molecule has 4 bridgehead atoms. The summed E-state index contributed by atoms with van der Waals surface area (Å²) in [7, 11) is 0. The van der Waals surface area contributed by atoms with E-state index >= 15 is 0 Å². The van der Waals surface area contributed by atoms with Crippen molar-refractivity contribution in [3.05, 3.63) is 17.3 Å². The third-order valence-corrected chi connectivity index (χ3v) is 5.75. The van der Waals surface area contributed by atoms with Gasteiger partial charge in [0, 0.05) is 5.92 Å². The molecule has 4 aliphatic carbocycles. The molecule has 1 aromatic rings. The van der Waals surface area contributed by atoms with E-state index in [1.165, 1.54) is 32.1 Å². The maximum absolute atomic E-state index is 11.2. The van der Waals surface area contributed by atoms with Crippen LogP contribution in [-0.4, -0.2) is 16.1 Å². The molecule has 4 aliphatic rings. The van der Waals surface area contributed by atoms with Gasteiger partial charge in [-0.1, -0.05) is 6.92 Å². The Kier molecular flexibility index (Phi) is 2.69. The molecule has 0 aromatic carbocycles. The van der Waals surface area contributed by atoms with Crippen molar-refractivity contribution in [2.24, 2.45) is 23.7 Å². The molecule has 1 aromatic heterocycles. The molecule has 1 N–H and O–H groups in total. The van der Waals surface area contributed by atoms with Crippen LogP contribution in [0.1, 0.15) is 67.1 Å². The Morgan fingerprint density at radius 2 is 1.80 bits per heavy atom. The first-order chi connectivity index (χ1) is 9.65. The number of nitrogens with zero attached hydrogens (tertiary/aromatic N) is 1. The second kappa shape index (κ2) is 4.34. The van der Waals surface area contributed by atoms with E-state index in [0.29, 0.717) is 35.8 Å². The van der Waals surface area contributed by atoms with Gasteiger partial charge >= 0.3 is 5.97 Å². The van der Waals surface area contributed by atoms with Gasteiger partial charge in [0.25, 0.3) is 0 Å². The number of carboxylic acids is 1. The number of oxazole rings is 1. The number of carboxylic acid groups (broad SMARTS) is 1. The predicted molar refractivity (Wildman–Crippen MR) is 72.6 cm³/mol. The van der Waals surface area contributed by atoms with Crippen LogP contribution in [0.3, 0.4) is 0 Å². The van der Waals surface area contributed by atoms with E-state index in [9.17, 15) is 9.90 Å². The molecular formula is C16H21NO3. The maximum Gasteiger partial charge on any atom is 0.373 e. The number of aromatic nitrogens is 1. The molecule has 0 saturated heterocycles. The van der Waals surface area contributed by atoms with Gasteiger partial charge in [-0.25, -0.2) is 9.78 Å². The van der Waals surface area contributed by atoms with Crippen molar-refractivity contribution in [1.29, 1.82) is 0 Å². The highest BCUT2D eigenvalue weighted by Gasteiger charge is 2.50. The van der Waals surface area contributed by atoms with Crippen molar-refractivity contribution in [3.63, 3.8) is 0 Å². The molecule has 0 aliphatic heterocycles. The summed E-state index contributed by atoms with van der Waals surface area (Å²) in [6, 6.07) is 0. The predicted octanol–water partition coefficient (Wildman–Crippen LogP) is 3.47. The molecule has 4 fully saturated rings. The summed E-state index contributed by atoms with van der Waals surface area (Å²) in [6.45, 7) is 1.94. The summed E-state index contributed by atoms with van der Waals surface area (Å²) >= 11 is 0. The van der Waals surface area contributed by atoms with Crippen LogP contribution in [-0.2, 0) is 6.42 Å². The summed E-state index contributed by atoms with van der Waals surface area (Å²) in [5.41, 5.74) is 0.612. The van der Waals surface area contributed by atoms with E-state index < -0.39 is 5.97 Å². The Morgan fingerprint density at radius 1 is 1.20 bits per heavy atom. The van der Waals surface area contributed by atoms with Crippen LogP contribution in [0.4, 0.5) is 0 Å². The normalized spacial score (nSPS) is 38.4. The van der Waals surface area contributed by atoms with E-state index in [1.54, 1.807) is 0 Å². The first-order valence-electron chi connectivity index (χ1n) is 7.88. The van der Waals surface area contributed by atoms with E-state index in [-0.39, 0.29) is 5.76 Å². The zero-order valence-corrected chi connectivity index (χ0v) is 11.8. The molecule has 20 heavy (non-hydrogen) atoms. The second-order valence-electron chi connectivity index (χ2n) is 6.94. The van der Waals surface area contributed by atoms with Gasteiger partial charge < -0.3 is 9.52 Å². The highest BCUT2D eigenvalue weighted by atomic mass is 16.4. The van der Waals surface area contributed by atoms with E-state index in [2.05, 4.69) is 4.98 Å². The molecule has 4 nitrogen and oxygen atoms in total. The average molecular weight is 275 g/mol. The van der Waals surface area contributed by atoms with Gasteiger partial charge in [-0.2, -0.15) is 0 Å². The Morgan fingerprint density at radius 3 is 2.25 bits per heavy atom. The van der Waals surface area contributed by atoms with E-state index in [1.807, 2.05) is 6.92 Å². The first-order valence-corrected chi connectivity index (χ1v) is 7.88. The Balaban J connectivity index is 1.69. The van der Waals surface area contributed by atoms with Crippen molar-refractivity contribution in [1.82, 2.24) is 4.98 Å². The van der Waals surface area contributed by atoms with Crippen molar-refractivity contribution in [2.75, 3.05) is 0 Å². The van der Waals surface area contributed by atoms with Crippen LogP contribution in [0.2, 0.25) is 0 Å². The summed E-state index contributed by atoms with van der Waals surface area (Å²) in [6.07, 6.45) is 7.23. The fourth-order valence-corrected chi connectivity index (χ4v) is 5.25. The number of hydrogen-bond acceptors (Lipinski definition) is 3. The van der Waals surface area contributed by atoms with Crippen LogP contribution < -0.4 is 0 Å². The molecular weight excluding hydrogens is 254 g/mol. The lowest BCUT2D eigenvalue weighted by Crippen LogP contribution is -2.43. The van der Waals surface area contributed by atoms with Crippen molar-refractivity contribution >= 4 is 5.97 Å². The number of aromatic carboxylic acids is 1. The third-order valence-electron chi connectivity index (χ3n) is 5.75. The van der Waals surface area contributed by atoms with Gasteiger partial charge in [-0.05, 0) is 62.2 Å². The molecule has 0 atom stereocenters. The molecule has 5 rings (SSSR count). The molecule has 0 radical (unpaired) electrons. The van der Waals surface area contributed by atoms with Crippen molar-refractivity contribution < 1.29 is 14.3 Å². The Bertz CT molecular complexity index is 520. The second-order valence-corrected chi connectivity index (χ2v) is 6.94. The molecule has 0 spiro atoms. The number of carbonyl (C=O) groups is 1. The smallest absolute Gasteiger partial charge is 0.373 e. The third kappa shape index (κ3) is 1.73. The average Bonchev–Trinajstić information content (AvgIpc) is 2.81. The Hall–Kier alpha value is -1.32. The van der Waals surface area contributed by atoms with Gasteiger partial charge in [-0.15, -0.1) is 0 Å². The van der Waals surface area contributed by atoms with Gasteiger partial charge in [0.2, 0.25) is 5.76 Å². The van der Waals surface area contributed by atoms with Gasteiger partial charge in [0.05, 0.1) is 5.69 Å². The van der Waals surface area contributed by atoms with Crippen LogP contribution >= 0.6 is 0 Å². The topological polar surface area (TPSA) is 63.3 Å². The minimum Gasteiger partial charge on any atom is -0.475 e.